The third-order valence-electron chi connectivity index (χ3n) is 2.12. The Bertz CT molecular complexity index is 382. The van der Waals surface area contributed by atoms with Gasteiger partial charge in [0.25, 0.3) is 0 Å². The maximum atomic E-state index is 10.5. The van der Waals surface area contributed by atoms with Gasteiger partial charge >= 0.3 is 13.1 Å². The molecule has 0 aromatic carbocycles. The second kappa shape index (κ2) is 8.93. The summed E-state index contributed by atoms with van der Waals surface area (Å²) in [6, 6.07) is 0. The molecule has 4 nitrogen and oxygen atoms in total. The molecule has 21 heavy (non-hydrogen) atoms. The van der Waals surface area contributed by atoms with E-state index in [0.29, 0.717) is 13.2 Å². The van der Waals surface area contributed by atoms with E-state index >= 15 is 0 Å². The van der Waals surface area contributed by atoms with Crippen molar-refractivity contribution < 1.29 is 40.2 Å². The summed E-state index contributed by atoms with van der Waals surface area (Å²) in [5, 5.41) is 0. The van der Waals surface area contributed by atoms with Gasteiger partial charge in [0.2, 0.25) is 6.33 Å². The third-order valence-corrected chi connectivity index (χ3v) is 2.12. The van der Waals surface area contributed by atoms with E-state index in [-0.39, 0.29) is 0 Å². The summed E-state index contributed by atoms with van der Waals surface area (Å²) in [6.07, 6.45) is 0.0640. The summed E-state index contributed by atoms with van der Waals surface area (Å²) in [5.74, 6) is 0. The average Bonchev–Trinajstić information content (AvgIpc) is 2.73. The van der Waals surface area contributed by atoms with Crippen LogP contribution in [0.5, 0.6) is 0 Å². The highest BCUT2D eigenvalue weighted by molar-refractivity contribution is 6.60. The van der Waals surface area contributed by atoms with E-state index in [1.807, 2.05) is 30.3 Å². The lowest BCUT2D eigenvalue weighted by atomic mass is 9.92. The zero-order valence-corrected chi connectivity index (χ0v) is 11.6. The monoisotopic (exact) mass is 322 g/mol. The van der Waals surface area contributed by atoms with Gasteiger partial charge in [-0.1, -0.05) is 0 Å². The molecule has 0 atom stereocenters. The van der Waals surface area contributed by atoms with Crippen LogP contribution in [0.3, 0.4) is 0 Å². The predicted molar refractivity (Wildman–Crippen MR) is 63.4 cm³/mol. The lowest BCUT2D eigenvalue weighted by Gasteiger charge is -2.16. The molecular weight excluding hydrogens is 305 g/mol. The number of alkyl halides is 3. The number of ether oxygens (including phenoxy) is 2. The molecule has 1 aromatic rings. The molecule has 0 fully saturated rings. The number of aromatic nitrogens is 2. The first kappa shape index (κ1) is 19.8. The van der Waals surface area contributed by atoms with E-state index in [1.165, 1.54) is 0 Å². The molecule has 124 valence electrons. The fraction of sp³-hybridized carbons (Fsp3) is 0.700. The molecule has 0 saturated heterocycles. The first-order valence-electron chi connectivity index (χ1n) is 5.91. The molecular formula is C10H17BF6N2O2. The molecule has 0 aliphatic rings. The molecule has 0 unspecified atom stereocenters. The van der Waals surface area contributed by atoms with Crippen molar-refractivity contribution >= 4 is 6.98 Å². The van der Waals surface area contributed by atoms with E-state index in [0.717, 1.165) is 13.2 Å². The van der Waals surface area contributed by atoms with Gasteiger partial charge < -0.3 is 22.4 Å². The van der Waals surface area contributed by atoms with Crippen molar-refractivity contribution in [2.75, 3.05) is 26.9 Å². The van der Waals surface area contributed by atoms with Gasteiger partial charge in [-0.3, -0.25) is 0 Å². The quantitative estimate of drug-likeness (QED) is 0.346. The van der Waals surface area contributed by atoms with Gasteiger partial charge in [-0.05, 0) is 0 Å². The Morgan fingerprint density at radius 1 is 1.14 bits per heavy atom. The van der Waals surface area contributed by atoms with E-state index in [1.54, 1.807) is 7.11 Å². The van der Waals surface area contributed by atoms with Gasteiger partial charge in [-0.25, -0.2) is 22.3 Å². The minimum atomic E-state index is -6.65. The normalized spacial score (nSPS) is 12.0. The predicted octanol–water partition coefficient (Wildman–Crippen LogP) is 1.91. The van der Waals surface area contributed by atoms with E-state index in [2.05, 4.69) is 4.57 Å². The molecule has 0 aliphatic heterocycles. The molecule has 0 saturated carbocycles. The van der Waals surface area contributed by atoms with Gasteiger partial charge in [-0.2, -0.15) is 0 Å². The second-order valence-electron chi connectivity index (χ2n) is 4.04. The summed E-state index contributed by atoms with van der Waals surface area (Å²) in [4.78, 5) is 0. The van der Waals surface area contributed by atoms with Gasteiger partial charge in [0, 0.05) is 7.11 Å². The van der Waals surface area contributed by atoms with Crippen LogP contribution in [-0.2, 0) is 23.1 Å². The molecule has 11 heteroatoms. The molecule has 1 heterocycles. The maximum absolute atomic E-state index is 10.5. The highest BCUT2D eigenvalue weighted by atomic mass is 19.4. The second-order valence-corrected chi connectivity index (χ2v) is 4.04. The van der Waals surface area contributed by atoms with Crippen LogP contribution in [0.4, 0.5) is 26.1 Å². The fourth-order valence-electron chi connectivity index (χ4n) is 1.05. The minimum Gasteiger partial charge on any atom is -0.443 e. The Morgan fingerprint density at radius 3 is 2.10 bits per heavy atom. The van der Waals surface area contributed by atoms with Crippen molar-refractivity contribution in [1.82, 2.24) is 4.57 Å². The number of halogens is 6. The molecule has 0 amide bonds. The number of nitrogens with zero attached hydrogens (tertiary/aromatic N) is 2. The summed E-state index contributed by atoms with van der Waals surface area (Å²) in [6.45, 7) is -3.68. The molecule has 0 bridgehead atoms. The number of imidazole rings is 1. The van der Waals surface area contributed by atoms with E-state index in [4.69, 9.17) is 9.47 Å². The Morgan fingerprint density at radius 2 is 1.71 bits per heavy atom. The van der Waals surface area contributed by atoms with E-state index < -0.39 is 13.1 Å². The SMILES string of the molecule is COCCOCCn1cc[n+](C)c1.F[B-](F)(F)C(F)(F)F. The van der Waals surface area contributed by atoms with Crippen LogP contribution in [0.25, 0.3) is 0 Å². The molecule has 1 aromatic heterocycles. The highest BCUT2D eigenvalue weighted by Crippen LogP contribution is 2.31. The number of hydrogen-bond acceptors (Lipinski definition) is 2. The zero-order valence-electron chi connectivity index (χ0n) is 11.6. The van der Waals surface area contributed by atoms with Gasteiger partial charge in [-0.15, -0.1) is 0 Å². The van der Waals surface area contributed by atoms with Crippen molar-refractivity contribution in [3.63, 3.8) is 0 Å². The average molecular weight is 322 g/mol. The van der Waals surface area contributed by atoms with Crippen LogP contribution in [0.2, 0.25) is 0 Å². The van der Waals surface area contributed by atoms with Gasteiger partial charge in [0.15, 0.2) is 0 Å². The van der Waals surface area contributed by atoms with Crippen LogP contribution in [0.1, 0.15) is 0 Å². The Kier molecular flexibility index (Phi) is 8.41. The highest BCUT2D eigenvalue weighted by Gasteiger charge is 2.53. The largest absolute Gasteiger partial charge is 0.583 e. The molecule has 1 rings (SSSR count). The number of aryl methyl sites for hydroxylation is 1. The first-order valence-corrected chi connectivity index (χ1v) is 5.91. The van der Waals surface area contributed by atoms with Crippen LogP contribution >= 0.6 is 0 Å². The van der Waals surface area contributed by atoms with Crippen LogP contribution < -0.4 is 4.57 Å². The maximum Gasteiger partial charge on any atom is 0.583 e. The molecule has 0 N–H and O–H groups in total. The summed E-state index contributed by atoms with van der Waals surface area (Å²) in [7, 11) is 3.68. The Hall–Kier alpha value is -1.23. The van der Waals surface area contributed by atoms with Crippen molar-refractivity contribution in [3.05, 3.63) is 18.7 Å². The standard InChI is InChI=1S/C9H17N2O2.CBF6/c1-10-3-4-11(9-10)5-6-13-8-7-12-2;3-1(4,5)2(6,7)8/h3-4,9H,5-8H2,1-2H3;/q+1;-1. The molecule has 0 aliphatic carbocycles. The van der Waals surface area contributed by atoms with Crippen LogP contribution in [0, 0.1) is 0 Å². The van der Waals surface area contributed by atoms with Gasteiger partial charge in [0.1, 0.15) is 18.9 Å². The smallest absolute Gasteiger partial charge is 0.443 e. The number of hydrogen-bond donors (Lipinski definition) is 0. The van der Waals surface area contributed by atoms with Crippen LogP contribution in [0.15, 0.2) is 18.7 Å². The summed E-state index contributed by atoms with van der Waals surface area (Å²) in [5.41, 5.74) is 0. The van der Waals surface area contributed by atoms with E-state index in [9.17, 15) is 26.1 Å². The molecule has 0 spiro atoms. The van der Waals surface area contributed by atoms with Gasteiger partial charge in [0.05, 0.1) is 26.9 Å². The zero-order chi connectivity index (χ0) is 16.5. The van der Waals surface area contributed by atoms with Crippen molar-refractivity contribution in [2.45, 2.75) is 12.6 Å². The first-order chi connectivity index (χ1) is 9.58. The third kappa shape index (κ3) is 9.35. The fourth-order valence-corrected chi connectivity index (χ4v) is 1.05. The lowest BCUT2D eigenvalue weighted by Crippen LogP contribution is -2.37. The topological polar surface area (TPSA) is 27.3 Å². The number of methoxy groups -OCH3 is 1. The van der Waals surface area contributed by atoms with Crippen LogP contribution in [-0.4, -0.2) is 44.6 Å². The number of rotatable bonds is 6. The lowest BCUT2D eigenvalue weighted by molar-refractivity contribution is -0.671. The molecule has 0 radical (unpaired) electrons. The summed E-state index contributed by atoms with van der Waals surface area (Å²) < 4.78 is 77.2. The Labute approximate surface area is 118 Å². The minimum absolute atomic E-state index is 0.666. The summed E-state index contributed by atoms with van der Waals surface area (Å²) >= 11 is 0. The van der Waals surface area contributed by atoms with Crippen molar-refractivity contribution in [2.24, 2.45) is 7.05 Å². The Balaban J connectivity index is 0.000000433. The van der Waals surface area contributed by atoms with Crippen molar-refractivity contribution in [1.29, 1.82) is 0 Å². The van der Waals surface area contributed by atoms with Crippen molar-refractivity contribution in [3.8, 4) is 0 Å².